The van der Waals surface area contributed by atoms with Crippen LogP contribution in [-0.2, 0) is 14.4 Å². The number of amides is 2. The summed E-state index contributed by atoms with van der Waals surface area (Å²) < 4.78 is 0. The smallest absolute Gasteiger partial charge is 0.327 e. The van der Waals surface area contributed by atoms with Crippen LogP contribution in [-0.4, -0.2) is 47.3 Å². The minimum atomic E-state index is -1.18. The van der Waals surface area contributed by atoms with Crippen molar-refractivity contribution in [1.29, 1.82) is 0 Å². The van der Waals surface area contributed by atoms with E-state index in [-0.39, 0.29) is 12.3 Å². The van der Waals surface area contributed by atoms with Crippen LogP contribution in [0.2, 0.25) is 0 Å². The second-order valence-corrected chi connectivity index (χ2v) is 3.44. The SMILES string of the molecule is CC(NC(=O)CN)C(=O)NC(CS)C(=O)O. The molecule has 0 aromatic rings. The van der Waals surface area contributed by atoms with Crippen LogP contribution in [0.1, 0.15) is 6.92 Å². The molecule has 0 saturated carbocycles. The Morgan fingerprint density at radius 3 is 2.31 bits per heavy atom. The van der Waals surface area contributed by atoms with Gasteiger partial charge in [-0.25, -0.2) is 4.79 Å². The van der Waals surface area contributed by atoms with Crippen molar-refractivity contribution in [2.24, 2.45) is 5.73 Å². The van der Waals surface area contributed by atoms with Gasteiger partial charge in [0.2, 0.25) is 11.8 Å². The van der Waals surface area contributed by atoms with Crippen molar-refractivity contribution in [3.05, 3.63) is 0 Å². The number of rotatable bonds is 6. The average Bonchev–Trinajstić information content (AvgIpc) is 2.24. The van der Waals surface area contributed by atoms with Crippen molar-refractivity contribution >= 4 is 30.4 Å². The van der Waals surface area contributed by atoms with Gasteiger partial charge in [0.1, 0.15) is 12.1 Å². The second kappa shape index (κ2) is 7.07. The van der Waals surface area contributed by atoms with Gasteiger partial charge in [0, 0.05) is 5.75 Å². The number of hydrogen-bond acceptors (Lipinski definition) is 5. The molecule has 0 heterocycles. The van der Waals surface area contributed by atoms with Gasteiger partial charge in [0.15, 0.2) is 0 Å². The summed E-state index contributed by atoms with van der Waals surface area (Å²) in [5, 5.41) is 13.2. The number of nitrogens with one attached hydrogen (secondary N) is 2. The van der Waals surface area contributed by atoms with Crippen LogP contribution in [0.15, 0.2) is 0 Å². The van der Waals surface area contributed by atoms with E-state index in [9.17, 15) is 14.4 Å². The molecule has 0 radical (unpaired) electrons. The van der Waals surface area contributed by atoms with Crippen LogP contribution in [0.4, 0.5) is 0 Å². The lowest BCUT2D eigenvalue weighted by atomic mass is 10.2. The Morgan fingerprint density at radius 1 is 1.38 bits per heavy atom. The van der Waals surface area contributed by atoms with Crippen LogP contribution in [0.3, 0.4) is 0 Å². The first-order valence-electron chi connectivity index (χ1n) is 4.55. The average molecular weight is 249 g/mol. The molecule has 0 aliphatic rings. The summed E-state index contributed by atoms with van der Waals surface area (Å²) in [6.07, 6.45) is 0. The highest BCUT2D eigenvalue weighted by Crippen LogP contribution is 1.91. The number of thiol groups is 1. The Kier molecular flexibility index (Phi) is 6.50. The van der Waals surface area contributed by atoms with Crippen molar-refractivity contribution < 1.29 is 19.5 Å². The second-order valence-electron chi connectivity index (χ2n) is 3.08. The quantitative estimate of drug-likeness (QED) is 0.347. The first kappa shape index (κ1) is 14.7. The van der Waals surface area contributed by atoms with Crippen LogP contribution < -0.4 is 16.4 Å². The van der Waals surface area contributed by atoms with Crippen molar-refractivity contribution in [1.82, 2.24) is 10.6 Å². The molecule has 2 atom stereocenters. The molecule has 92 valence electrons. The van der Waals surface area contributed by atoms with Crippen LogP contribution in [0, 0.1) is 0 Å². The van der Waals surface area contributed by atoms with E-state index in [1.54, 1.807) is 0 Å². The predicted octanol–water partition coefficient (Wildman–Crippen LogP) is -2.05. The summed E-state index contributed by atoms with van der Waals surface area (Å²) in [5.74, 6) is -2.29. The summed E-state index contributed by atoms with van der Waals surface area (Å²) in [5.41, 5.74) is 5.05. The molecule has 0 spiro atoms. The van der Waals surface area contributed by atoms with E-state index in [0.717, 1.165) is 0 Å². The van der Waals surface area contributed by atoms with E-state index in [0.29, 0.717) is 0 Å². The molecule has 7 nitrogen and oxygen atoms in total. The van der Waals surface area contributed by atoms with Crippen molar-refractivity contribution in [3.8, 4) is 0 Å². The van der Waals surface area contributed by atoms with Gasteiger partial charge in [0.05, 0.1) is 6.54 Å². The van der Waals surface area contributed by atoms with Gasteiger partial charge in [-0.15, -0.1) is 0 Å². The van der Waals surface area contributed by atoms with Gasteiger partial charge in [-0.1, -0.05) is 0 Å². The summed E-state index contributed by atoms with van der Waals surface area (Å²) >= 11 is 3.78. The Balaban J connectivity index is 4.23. The van der Waals surface area contributed by atoms with Gasteiger partial charge < -0.3 is 21.5 Å². The summed E-state index contributed by atoms with van der Waals surface area (Å²) in [6, 6.07) is -1.91. The molecule has 5 N–H and O–H groups in total. The lowest BCUT2D eigenvalue weighted by molar-refractivity contribution is -0.141. The van der Waals surface area contributed by atoms with E-state index < -0.39 is 29.9 Å². The zero-order valence-electron chi connectivity index (χ0n) is 8.77. The van der Waals surface area contributed by atoms with Crippen LogP contribution in [0.5, 0.6) is 0 Å². The number of nitrogens with two attached hydrogens (primary N) is 1. The standard InChI is InChI=1S/C8H15N3O4S/c1-4(10-6(12)2-9)7(13)11-5(3-16)8(14)15/h4-5,16H,2-3,9H2,1H3,(H,10,12)(H,11,13)(H,14,15). The molecular formula is C8H15N3O4S. The number of aliphatic carboxylic acids is 1. The first-order chi connectivity index (χ1) is 7.42. The zero-order chi connectivity index (χ0) is 12.7. The highest BCUT2D eigenvalue weighted by molar-refractivity contribution is 7.80. The molecule has 8 heteroatoms. The van der Waals surface area contributed by atoms with Crippen LogP contribution >= 0.6 is 12.6 Å². The Morgan fingerprint density at radius 2 is 1.94 bits per heavy atom. The van der Waals surface area contributed by atoms with Gasteiger partial charge in [-0.2, -0.15) is 12.6 Å². The monoisotopic (exact) mass is 249 g/mol. The topological polar surface area (TPSA) is 122 Å². The van der Waals surface area contributed by atoms with E-state index in [2.05, 4.69) is 23.3 Å². The highest BCUT2D eigenvalue weighted by atomic mass is 32.1. The Bertz CT molecular complexity index is 284. The molecule has 16 heavy (non-hydrogen) atoms. The molecule has 0 saturated heterocycles. The summed E-state index contributed by atoms with van der Waals surface area (Å²) in [6.45, 7) is 1.20. The lowest BCUT2D eigenvalue weighted by Gasteiger charge is -2.16. The molecule has 0 rings (SSSR count). The number of carboxylic acids is 1. The summed E-state index contributed by atoms with van der Waals surface area (Å²) in [7, 11) is 0. The number of hydrogen-bond donors (Lipinski definition) is 5. The van der Waals surface area contributed by atoms with Gasteiger partial charge in [-0.3, -0.25) is 9.59 Å². The maximum Gasteiger partial charge on any atom is 0.327 e. The number of carbonyl (C=O) groups is 3. The Hall–Kier alpha value is -1.28. The molecular weight excluding hydrogens is 234 g/mol. The van der Waals surface area contributed by atoms with Crippen molar-refractivity contribution in [2.75, 3.05) is 12.3 Å². The first-order valence-corrected chi connectivity index (χ1v) is 5.19. The minimum absolute atomic E-state index is 0.0291. The number of carbonyl (C=O) groups excluding carboxylic acids is 2. The van der Waals surface area contributed by atoms with Crippen molar-refractivity contribution in [2.45, 2.75) is 19.0 Å². The molecule has 0 fully saturated rings. The van der Waals surface area contributed by atoms with E-state index in [4.69, 9.17) is 10.8 Å². The maximum atomic E-state index is 11.4. The molecule has 0 aliphatic carbocycles. The van der Waals surface area contributed by atoms with Crippen LogP contribution in [0.25, 0.3) is 0 Å². The third-order valence-corrected chi connectivity index (χ3v) is 2.12. The highest BCUT2D eigenvalue weighted by Gasteiger charge is 2.22. The third-order valence-electron chi connectivity index (χ3n) is 1.75. The zero-order valence-corrected chi connectivity index (χ0v) is 9.66. The molecule has 0 bridgehead atoms. The lowest BCUT2D eigenvalue weighted by Crippen LogP contribution is -2.51. The van der Waals surface area contributed by atoms with Crippen molar-refractivity contribution in [3.63, 3.8) is 0 Å². The molecule has 2 amide bonds. The summed E-state index contributed by atoms with van der Waals surface area (Å²) in [4.78, 5) is 32.9. The van der Waals surface area contributed by atoms with E-state index in [1.807, 2.05) is 0 Å². The maximum absolute atomic E-state index is 11.4. The molecule has 0 aliphatic heterocycles. The minimum Gasteiger partial charge on any atom is -0.480 e. The predicted molar refractivity (Wildman–Crippen MR) is 60.1 cm³/mol. The fourth-order valence-electron chi connectivity index (χ4n) is 0.848. The largest absolute Gasteiger partial charge is 0.480 e. The van der Waals surface area contributed by atoms with E-state index in [1.165, 1.54) is 6.92 Å². The number of carboxylic acid groups (broad SMARTS) is 1. The van der Waals surface area contributed by atoms with Gasteiger partial charge in [0.25, 0.3) is 0 Å². The normalized spacial score (nSPS) is 13.7. The molecule has 0 aromatic carbocycles. The fourth-order valence-corrected chi connectivity index (χ4v) is 1.10. The fraction of sp³-hybridized carbons (Fsp3) is 0.625. The van der Waals surface area contributed by atoms with E-state index >= 15 is 0 Å². The van der Waals surface area contributed by atoms with Gasteiger partial charge in [-0.05, 0) is 6.92 Å². The molecule has 0 aromatic heterocycles. The molecule has 2 unspecified atom stereocenters. The Labute approximate surface area is 98.2 Å². The van der Waals surface area contributed by atoms with Gasteiger partial charge >= 0.3 is 5.97 Å². The third kappa shape index (κ3) is 4.99.